The first-order valence-corrected chi connectivity index (χ1v) is 9.57. The molecule has 0 bridgehead atoms. The first-order chi connectivity index (χ1) is 10.9. The summed E-state index contributed by atoms with van der Waals surface area (Å²) < 4.78 is 38.9. The summed E-state index contributed by atoms with van der Waals surface area (Å²) in [5.74, 6) is -0.652. The van der Waals surface area contributed by atoms with Gasteiger partial charge in [0.15, 0.2) is 0 Å². The van der Waals surface area contributed by atoms with E-state index in [1.807, 2.05) is 6.92 Å². The van der Waals surface area contributed by atoms with Gasteiger partial charge in [0.05, 0.1) is 5.75 Å². The van der Waals surface area contributed by atoms with Crippen molar-refractivity contribution in [3.63, 3.8) is 0 Å². The van der Waals surface area contributed by atoms with Crippen molar-refractivity contribution >= 4 is 21.6 Å². The molecule has 0 unspecified atom stereocenters. The topological polar surface area (TPSA) is 66.5 Å². The van der Waals surface area contributed by atoms with Gasteiger partial charge in [-0.25, -0.2) is 17.1 Å². The number of benzene rings is 1. The van der Waals surface area contributed by atoms with E-state index < -0.39 is 15.8 Å². The van der Waals surface area contributed by atoms with Gasteiger partial charge in [0.1, 0.15) is 5.82 Å². The van der Waals surface area contributed by atoms with Crippen LogP contribution in [0.2, 0.25) is 0 Å². The van der Waals surface area contributed by atoms with E-state index in [9.17, 15) is 17.6 Å². The number of halogens is 1. The molecule has 0 aromatic heterocycles. The zero-order valence-corrected chi connectivity index (χ0v) is 14.1. The molecular formula is C16H23FN2O3S. The number of anilines is 1. The van der Waals surface area contributed by atoms with E-state index in [0.29, 0.717) is 38.0 Å². The summed E-state index contributed by atoms with van der Waals surface area (Å²) in [6.45, 7) is 2.69. The average Bonchev–Trinajstić information content (AvgIpc) is 2.53. The third-order valence-electron chi connectivity index (χ3n) is 4.07. The number of hydrogen-bond acceptors (Lipinski definition) is 3. The van der Waals surface area contributed by atoms with Crippen LogP contribution in [0.4, 0.5) is 10.1 Å². The number of unbranched alkanes of at least 4 members (excludes halogenated alkanes) is 1. The molecule has 1 heterocycles. The maximum absolute atomic E-state index is 13.1. The van der Waals surface area contributed by atoms with Crippen LogP contribution < -0.4 is 5.32 Å². The number of hydrogen-bond donors (Lipinski definition) is 1. The highest BCUT2D eigenvalue weighted by atomic mass is 32.2. The summed E-state index contributed by atoms with van der Waals surface area (Å²) in [5, 5.41) is 2.69. The molecule has 0 saturated carbocycles. The maximum atomic E-state index is 13.1. The van der Waals surface area contributed by atoms with E-state index in [1.165, 1.54) is 22.5 Å². The number of carbonyl (C=O) groups is 1. The second-order valence-corrected chi connectivity index (χ2v) is 7.93. The lowest BCUT2D eigenvalue weighted by molar-refractivity contribution is -0.120. The Morgan fingerprint density at radius 1 is 1.35 bits per heavy atom. The minimum atomic E-state index is -3.21. The van der Waals surface area contributed by atoms with Gasteiger partial charge in [-0.3, -0.25) is 4.79 Å². The van der Waals surface area contributed by atoms with Crippen LogP contribution in [0.1, 0.15) is 32.6 Å². The second-order valence-electron chi connectivity index (χ2n) is 5.84. The Kier molecular flexibility index (Phi) is 6.12. The molecule has 1 amide bonds. The van der Waals surface area contributed by atoms with Gasteiger partial charge in [0.2, 0.25) is 15.9 Å². The van der Waals surface area contributed by atoms with Crippen LogP contribution in [-0.2, 0) is 14.8 Å². The molecule has 1 saturated heterocycles. The molecule has 1 aromatic rings. The van der Waals surface area contributed by atoms with Crippen molar-refractivity contribution in [2.24, 2.45) is 5.92 Å². The van der Waals surface area contributed by atoms with Crippen molar-refractivity contribution in [1.82, 2.24) is 4.31 Å². The minimum absolute atomic E-state index is 0.170. The van der Waals surface area contributed by atoms with Crippen molar-refractivity contribution in [2.75, 3.05) is 24.2 Å². The van der Waals surface area contributed by atoms with E-state index in [0.717, 1.165) is 6.42 Å². The van der Waals surface area contributed by atoms with Gasteiger partial charge in [0, 0.05) is 24.7 Å². The molecular weight excluding hydrogens is 319 g/mol. The lowest BCUT2D eigenvalue weighted by atomic mass is 9.97. The third-order valence-corrected chi connectivity index (χ3v) is 6.02. The minimum Gasteiger partial charge on any atom is -0.326 e. The summed E-state index contributed by atoms with van der Waals surface area (Å²) in [6, 6.07) is 5.75. The number of piperidine rings is 1. The van der Waals surface area contributed by atoms with Crippen LogP contribution in [0.25, 0.3) is 0 Å². The van der Waals surface area contributed by atoms with Crippen LogP contribution in [-0.4, -0.2) is 37.5 Å². The van der Waals surface area contributed by atoms with Crippen molar-refractivity contribution < 1.29 is 17.6 Å². The molecule has 1 fully saturated rings. The number of sulfonamides is 1. The van der Waals surface area contributed by atoms with Crippen molar-refractivity contribution in [3.8, 4) is 0 Å². The Morgan fingerprint density at radius 3 is 2.65 bits per heavy atom. The molecule has 1 aliphatic rings. The number of amides is 1. The fourth-order valence-corrected chi connectivity index (χ4v) is 4.34. The van der Waals surface area contributed by atoms with Crippen LogP contribution in [0.5, 0.6) is 0 Å². The lowest BCUT2D eigenvalue weighted by Gasteiger charge is -2.30. The molecule has 5 nitrogen and oxygen atoms in total. The van der Waals surface area contributed by atoms with Crippen molar-refractivity contribution in [3.05, 3.63) is 30.1 Å². The fraction of sp³-hybridized carbons (Fsp3) is 0.562. The van der Waals surface area contributed by atoms with Gasteiger partial charge in [-0.15, -0.1) is 0 Å². The van der Waals surface area contributed by atoms with Crippen LogP contribution >= 0.6 is 0 Å². The normalized spacial score (nSPS) is 17.1. The van der Waals surface area contributed by atoms with Gasteiger partial charge in [-0.1, -0.05) is 19.4 Å². The molecule has 7 heteroatoms. The third kappa shape index (κ3) is 5.00. The van der Waals surface area contributed by atoms with Gasteiger partial charge in [-0.2, -0.15) is 0 Å². The average molecular weight is 342 g/mol. The maximum Gasteiger partial charge on any atom is 0.227 e. The highest BCUT2D eigenvalue weighted by Crippen LogP contribution is 2.22. The highest BCUT2D eigenvalue weighted by molar-refractivity contribution is 7.89. The quantitative estimate of drug-likeness (QED) is 0.864. The van der Waals surface area contributed by atoms with E-state index in [2.05, 4.69) is 5.32 Å². The Morgan fingerprint density at radius 2 is 2.04 bits per heavy atom. The molecule has 1 N–H and O–H groups in total. The number of rotatable bonds is 6. The van der Waals surface area contributed by atoms with Gasteiger partial charge in [-0.05, 0) is 37.5 Å². The first-order valence-electron chi connectivity index (χ1n) is 7.96. The Labute approximate surface area is 136 Å². The predicted octanol–water partition coefficient (Wildman–Crippen LogP) is 2.61. The van der Waals surface area contributed by atoms with Gasteiger partial charge in [0.25, 0.3) is 0 Å². The summed E-state index contributed by atoms with van der Waals surface area (Å²) in [7, 11) is -3.21. The van der Waals surface area contributed by atoms with E-state index in [4.69, 9.17) is 0 Å². The molecule has 2 rings (SSSR count). The molecule has 0 atom stereocenters. The second kappa shape index (κ2) is 7.88. The standard InChI is InChI=1S/C16H23FN2O3S/c1-2-3-11-23(21,22)19-9-7-13(8-10-19)16(20)18-15-6-4-5-14(17)12-15/h4-6,12-13H,2-3,7-11H2,1H3,(H,18,20). The molecule has 0 aliphatic carbocycles. The van der Waals surface area contributed by atoms with Crippen molar-refractivity contribution in [2.45, 2.75) is 32.6 Å². The summed E-state index contributed by atoms with van der Waals surface area (Å²) in [5.41, 5.74) is 0.424. The van der Waals surface area contributed by atoms with Crippen LogP contribution in [0.15, 0.2) is 24.3 Å². The highest BCUT2D eigenvalue weighted by Gasteiger charge is 2.30. The smallest absolute Gasteiger partial charge is 0.227 e. The van der Waals surface area contributed by atoms with Crippen molar-refractivity contribution in [1.29, 1.82) is 0 Å². The number of nitrogens with zero attached hydrogens (tertiary/aromatic N) is 1. The Bertz CT molecular complexity index is 640. The number of nitrogens with one attached hydrogen (secondary N) is 1. The molecule has 23 heavy (non-hydrogen) atoms. The van der Waals surface area contributed by atoms with Gasteiger partial charge >= 0.3 is 0 Å². The molecule has 1 aliphatic heterocycles. The lowest BCUT2D eigenvalue weighted by Crippen LogP contribution is -2.42. The zero-order chi connectivity index (χ0) is 16.9. The molecule has 0 radical (unpaired) electrons. The summed E-state index contributed by atoms with van der Waals surface area (Å²) >= 11 is 0. The van der Waals surface area contributed by atoms with E-state index in [-0.39, 0.29) is 17.6 Å². The Balaban J connectivity index is 1.87. The summed E-state index contributed by atoms with van der Waals surface area (Å²) in [4.78, 5) is 12.2. The van der Waals surface area contributed by atoms with Gasteiger partial charge < -0.3 is 5.32 Å². The SMILES string of the molecule is CCCCS(=O)(=O)N1CCC(C(=O)Nc2cccc(F)c2)CC1. The monoisotopic (exact) mass is 342 g/mol. The molecule has 0 spiro atoms. The summed E-state index contributed by atoms with van der Waals surface area (Å²) in [6.07, 6.45) is 2.48. The van der Waals surface area contributed by atoms with Crippen LogP contribution in [0.3, 0.4) is 0 Å². The van der Waals surface area contributed by atoms with E-state index in [1.54, 1.807) is 6.07 Å². The largest absolute Gasteiger partial charge is 0.326 e. The fourth-order valence-electron chi connectivity index (χ4n) is 2.66. The molecule has 1 aromatic carbocycles. The number of carbonyl (C=O) groups excluding carboxylic acids is 1. The predicted molar refractivity (Wildman–Crippen MR) is 88.0 cm³/mol. The first kappa shape index (κ1) is 17.9. The zero-order valence-electron chi connectivity index (χ0n) is 13.3. The Hall–Kier alpha value is -1.47. The van der Waals surface area contributed by atoms with Crippen LogP contribution in [0, 0.1) is 11.7 Å². The van der Waals surface area contributed by atoms with E-state index >= 15 is 0 Å². The molecule has 128 valence electrons.